The van der Waals surface area contributed by atoms with Crippen LogP contribution in [0.4, 0.5) is 0 Å². The highest BCUT2D eigenvalue weighted by Crippen LogP contribution is 2.35. The van der Waals surface area contributed by atoms with Gasteiger partial charge >= 0.3 is 8.56 Å². The summed E-state index contributed by atoms with van der Waals surface area (Å²) in [7, 11) is -2.83. The molecule has 0 aromatic heterocycles. The second-order valence-corrected chi connectivity index (χ2v) is 13.1. The van der Waals surface area contributed by atoms with Crippen molar-refractivity contribution in [1.29, 1.82) is 0 Å². The topological polar surface area (TPSA) is 18.5 Å². The molecule has 0 radical (unpaired) electrons. The molecule has 1 aliphatic carbocycles. The van der Waals surface area contributed by atoms with Gasteiger partial charge in [0.1, 0.15) is 0 Å². The largest absolute Gasteiger partial charge is 0.439 e. The van der Waals surface area contributed by atoms with Crippen LogP contribution < -0.4 is 0 Å². The quantitative estimate of drug-likeness (QED) is 0.717. The molecule has 3 atom stereocenters. The van der Waals surface area contributed by atoms with E-state index in [4.69, 9.17) is 8.54 Å². The fraction of sp³-hybridized carbons (Fsp3) is 1.00. The van der Waals surface area contributed by atoms with Crippen LogP contribution in [-0.4, -0.2) is 24.2 Å². The fourth-order valence-electron chi connectivity index (χ4n) is 3.90. The Kier molecular flexibility index (Phi) is 6.12. The molecule has 2 rings (SSSR count). The summed E-state index contributed by atoms with van der Waals surface area (Å²) in [6.07, 6.45) is 9.80. The van der Waals surface area contributed by atoms with Crippen molar-refractivity contribution < 1.29 is 8.54 Å². The molecule has 2 aliphatic rings. The summed E-state index contributed by atoms with van der Waals surface area (Å²) >= 11 is 0. The van der Waals surface area contributed by atoms with Gasteiger partial charge in [-0.3, -0.25) is 0 Å². The summed E-state index contributed by atoms with van der Waals surface area (Å²) in [4.78, 5) is 0. The van der Waals surface area contributed by atoms with Gasteiger partial charge in [0.25, 0.3) is 0 Å². The molecule has 1 saturated heterocycles. The normalized spacial score (nSPS) is 36.5. The first-order valence-corrected chi connectivity index (χ1v) is 13.4. The Hall–Kier alpha value is 0.354. The van der Waals surface area contributed by atoms with E-state index in [1.54, 1.807) is 0 Å². The van der Waals surface area contributed by atoms with Crippen molar-refractivity contribution in [1.82, 2.24) is 0 Å². The van der Waals surface area contributed by atoms with E-state index in [0.29, 0.717) is 0 Å². The van der Waals surface area contributed by atoms with Crippen molar-refractivity contribution in [2.24, 2.45) is 11.8 Å². The van der Waals surface area contributed by atoms with Crippen LogP contribution in [0.1, 0.15) is 51.9 Å². The maximum absolute atomic E-state index is 6.50. The zero-order valence-electron chi connectivity index (χ0n) is 13.1. The van der Waals surface area contributed by atoms with Crippen LogP contribution in [0.2, 0.25) is 25.2 Å². The zero-order chi connectivity index (χ0) is 13.7. The minimum Gasteiger partial charge on any atom is -0.439 e. The lowest BCUT2D eigenvalue weighted by Crippen LogP contribution is -2.46. The molecule has 0 bridgehead atoms. The van der Waals surface area contributed by atoms with E-state index < -0.39 is 17.6 Å². The summed E-state index contributed by atoms with van der Waals surface area (Å²) in [5, 5.41) is 0. The van der Waals surface area contributed by atoms with Gasteiger partial charge in [-0.15, -0.1) is 0 Å². The molecule has 2 fully saturated rings. The molecule has 1 aliphatic heterocycles. The van der Waals surface area contributed by atoms with Crippen LogP contribution in [0.5, 0.6) is 0 Å². The van der Waals surface area contributed by atoms with Crippen molar-refractivity contribution in [3.05, 3.63) is 0 Å². The van der Waals surface area contributed by atoms with Gasteiger partial charge < -0.3 is 8.54 Å². The summed E-state index contributed by atoms with van der Waals surface area (Å²) < 4.78 is 12.7. The Morgan fingerprint density at radius 1 is 1.16 bits per heavy atom. The average molecular weight is 301 g/mol. The first-order chi connectivity index (χ1) is 9.09. The van der Waals surface area contributed by atoms with Gasteiger partial charge in [0.15, 0.2) is 9.04 Å². The molecule has 0 amide bonds. The van der Waals surface area contributed by atoms with Crippen LogP contribution in [-0.2, 0) is 8.54 Å². The van der Waals surface area contributed by atoms with Gasteiger partial charge in [0, 0.05) is 6.61 Å². The van der Waals surface area contributed by atoms with E-state index in [1.165, 1.54) is 57.0 Å². The van der Waals surface area contributed by atoms with E-state index in [1.807, 2.05) is 0 Å². The highest BCUT2D eigenvalue weighted by molar-refractivity contribution is 6.74. The van der Waals surface area contributed by atoms with Crippen LogP contribution in [0.3, 0.4) is 0 Å². The van der Waals surface area contributed by atoms with Crippen LogP contribution in [0.25, 0.3) is 0 Å². The summed E-state index contributed by atoms with van der Waals surface area (Å²) in [6, 6.07) is 2.58. The minimum absolute atomic E-state index is 0.803. The van der Waals surface area contributed by atoms with Crippen LogP contribution in [0, 0.1) is 11.8 Å². The molecular weight excluding hydrogens is 268 g/mol. The van der Waals surface area contributed by atoms with E-state index in [-0.39, 0.29) is 0 Å². The highest BCUT2D eigenvalue weighted by atomic mass is 28.4. The Labute approximate surface area is 122 Å². The lowest BCUT2D eigenvalue weighted by Gasteiger charge is -2.37. The molecule has 1 heterocycles. The average Bonchev–Trinajstić information content (AvgIpc) is 2.37. The van der Waals surface area contributed by atoms with Crippen molar-refractivity contribution >= 4 is 17.6 Å². The molecule has 0 spiro atoms. The van der Waals surface area contributed by atoms with E-state index in [9.17, 15) is 0 Å². The lowest BCUT2D eigenvalue weighted by atomic mass is 9.82. The van der Waals surface area contributed by atoms with Crippen molar-refractivity contribution in [3.63, 3.8) is 0 Å². The predicted molar refractivity (Wildman–Crippen MR) is 86.3 cm³/mol. The van der Waals surface area contributed by atoms with Crippen LogP contribution in [0.15, 0.2) is 0 Å². The summed E-state index contributed by atoms with van der Waals surface area (Å²) in [5.74, 6) is 1.74. The molecule has 2 nitrogen and oxygen atoms in total. The number of hydrogen-bond donors (Lipinski definition) is 0. The molecule has 3 unspecified atom stereocenters. The van der Waals surface area contributed by atoms with E-state index >= 15 is 0 Å². The highest BCUT2D eigenvalue weighted by Gasteiger charge is 2.38. The maximum atomic E-state index is 6.50. The maximum Gasteiger partial charge on any atom is 0.324 e. The monoisotopic (exact) mass is 300 g/mol. The first-order valence-electron chi connectivity index (χ1n) is 8.41. The molecular formula is C15H32O2Si2. The Bertz CT molecular complexity index is 269. The van der Waals surface area contributed by atoms with Crippen LogP contribution >= 0.6 is 0 Å². The van der Waals surface area contributed by atoms with Gasteiger partial charge in [0.05, 0.1) is 0 Å². The summed E-state index contributed by atoms with van der Waals surface area (Å²) in [6.45, 7) is 8.10. The van der Waals surface area contributed by atoms with E-state index in [2.05, 4.69) is 20.0 Å². The SMILES string of the molecule is CC(C[Si]1(C)OCCCC[SiH](C)O1)C1CCCCC1. The second-order valence-electron chi connectivity index (χ2n) is 6.99. The summed E-state index contributed by atoms with van der Waals surface area (Å²) in [5.41, 5.74) is 0. The molecule has 112 valence electrons. The van der Waals surface area contributed by atoms with Crippen molar-refractivity contribution in [2.45, 2.75) is 77.1 Å². The van der Waals surface area contributed by atoms with Crippen molar-refractivity contribution in [3.8, 4) is 0 Å². The second kappa shape index (κ2) is 7.39. The van der Waals surface area contributed by atoms with Gasteiger partial charge in [-0.25, -0.2) is 0 Å². The third-order valence-electron chi connectivity index (χ3n) is 5.01. The van der Waals surface area contributed by atoms with Gasteiger partial charge in [-0.05, 0) is 43.4 Å². The molecule has 0 N–H and O–H groups in total. The third kappa shape index (κ3) is 4.99. The molecule has 0 aromatic rings. The molecule has 4 heteroatoms. The minimum atomic E-state index is -1.87. The lowest BCUT2D eigenvalue weighted by molar-refractivity contribution is 0.208. The van der Waals surface area contributed by atoms with E-state index in [0.717, 1.165) is 18.4 Å². The van der Waals surface area contributed by atoms with Crippen molar-refractivity contribution in [2.75, 3.05) is 6.61 Å². The standard InChI is InChI=1S/C15H32O2Si2/c1-14(15-9-5-4-6-10-15)13-19(3)16-11-7-8-12-18(2)17-19/h14-15,18H,4-13H2,1-3H3. The Morgan fingerprint density at radius 3 is 2.63 bits per heavy atom. The van der Waals surface area contributed by atoms with Gasteiger partial charge in [-0.1, -0.05) is 45.4 Å². The van der Waals surface area contributed by atoms with Gasteiger partial charge in [0.2, 0.25) is 0 Å². The zero-order valence-corrected chi connectivity index (χ0v) is 15.3. The predicted octanol–water partition coefficient (Wildman–Crippen LogP) is 4.46. The first kappa shape index (κ1) is 15.7. The molecule has 19 heavy (non-hydrogen) atoms. The molecule has 1 saturated carbocycles. The number of hydrogen-bond acceptors (Lipinski definition) is 2. The Balaban J connectivity index is 1.89. The number of rotatable bonds is 3. The third-order valence-corrected chi connectivity index (χ3v) is 12.0. The fourth-order valence-corrected chi connectivity index (χ4v) is 11.5. The Morgan fingerprint density at radius 2 is 1.89 bits per heavy atom. The molecule has 0 aromatic carbocycles. The smallest absolute Gasteiger partial charge is 0.324 e. The van der Waals surface area contributed by atoms with Gasteiger partial charge in [-0.2, -0.15) is 0 Å².